The molecule has 0 spiro atoms. The summed E-state index contributed by atoms with van der Waals surface area (Å²) >= 11 is 0. The molecule has 0 aliphatic heterocycles. The highest BCUT2D eigenvalue weighted by Crippen LogP contribution is 2.00. The Kier molecular flexibility index (Phi) is 4.57. The van der Waals surface area contributed by atoms with Gasteiger partial charge in [-0.3, -0.25) is 9.59 Å². The quantitative estimate of drug-likeness (QED) is 0.696. The van der Waals surface area contributed by atoms with Gasteiger partial charge in [-0.25, -0.2) is 0 Å². The van der Waals surface area contributed by atoms with E-state index >= 15 is 0 Å². The van der Waals surface area contributed by atoms with Crippen LogP contribution in [0.15, 0.2) is 23.1 Å². The molecule has 0 unspecified atom stereocenters. The summed E-state index contributed by atoms with van der Waals surface area (Å²) in [6, 6.07) is 3.20. The van der Waals surface area contributed by atoms with E-state index in [4.69, 9.17) is 9.47 Å². The first kappa shape index (κ1) is 12.3. The first-order valence-electron chi connectivity index (χ1n) is 5.08. The number of hydrogen-bond acceptors (Lipinski definition) is 4. The molecule has 0 saturated carbocycles. The molecule has 88 valence electrons. The third-order valence-electron chi connectivity index (χ3n) is 1.97. The molecule has 0 aromatic carbocycles. The Labute approximate surface area is 93.6 Å². The van der Waals surface area contributed by atoms with Crippen LogP contribution in [-0.4, -0.2) is 24.3 Å². The minimum absolute atomic E-state index is 0.0873. The summed E-state index contributed by atoms with van der Waals surface area (Å²) in [6.45, 7) is 2.19. The Hall–Kier alpha value is -1.78. The first-order chi connectivity index (χ1) is 7.69. The molecule has 0 amide bonds. The fourth-order valence-corrected chi connectivity index (χ4v) is 1.20. The molecule has 1 rings (SSSR count). The summed E-state index contributed by atoms with van der Waals surface area (Å²) in [5.74, 6) is -0.206. The van der Waals surface area contributed by atoms with Crippen molar-refractivity contribution in [3.8, 4) is 5.75 Å². The van der Waals surface area contributed by atoms with Gasteiger partial charge < -0.3 is 14.0 Å². The topological polar surface area (TPSA) is 57.5 Å². The van der Waals surface area contributed by atoms with Gasteiger partial charge in [0.25, 0.3) is 5.56 Å². The van der Waals surface area contributed by atoms with E-state index in [2.05, 4.69) is 0 Å². The van der Waals surface area contributed by atoms with Crippen LogP contribution >= 0.6 is 0 Å². The van der Waals surface area contributed by atoms with E-state index in [-0.39, 0.29) is 17.9 Å². The van der Waals surface area contributed by atoms with Crippen molar-refractivity contribution in [3.63, 3.8) is 0 Å². The van der Waals surface area contributed by atoms with Crippen LogP contribution in [0.1, 0.15) is 13.3 Å². The maximum absolute atomic E-state index is 11.6. The van der Waals surface area contributed by atoms with Crippen LogP contribution in [0.5, 0.6) is 5.75 Å². The molecule has 0 radical (unpaired) electrons. The molecule has 5 heteroatoms. The number of carbonyl (C=O) groups is 1. The van der Waals surface area contributed by atoms with Crippen molar-refractivity contribution in [2.24, 2.45) is 0 Å². The summed E-state index contributed by atoms with van der Waals surface area (Å²) in [4.78, 5) is 22.9. The highest BCUT2D eigenvalue weighted by atomic mass is 16.5. The van der Waals surface area contributed by atoms with Crippen molar-refractivity contribution in [1.82, 2.24) is 4.57 Å². The van der Waals surface area contributed by atoms with Crippen molar-refractivity contribution < 1.29 is 14.3 Å². The monoisotopic (exact) mass is 225 g/mol. The van der Waals surface area contributed by atoms with Gasteiger partial charge in [0.1, 0.15) is 6.54 Å². The second-order valence-corrected chi connectivity index (χ2v) is 3.23. The summed E-state index contributed by atoms with van der Waals surface area (Å²) < 4.78 is 11.0. The zero-order valence-corrected chi connectivity index (χ0v) is 9.43. The van der Waals surface area contributed by atoms with E-state index in [1.165, 1.54) is 17.9 Å². The zero-order valence-electron chi connectivity index (χ0n) is 9.43. The fourth-order valence-electron chi connectivity index (χ4n) is 1.20. The highest BCUT2D eigenvalue weighted by molar-refractivity contribution is 5.69. The average molecular weight is 225 g/mol. The number of ether oxygens (including phenoxy) is 2. The van der Waals surface area contributed by atoms with Crippen LogP contribution in [-0.2, 0) is 16.1 Å². The van der Waals surface area contributed by atoms with Crippen LogP contribution in [0.2, 0.25) is 0 Å². The largest absolute Gasteiger partial charge is 0.491 e. The standard InChI is InChI=1S/C11H15NO4/c1-3-7-16-10(13)8-12-6-4-5-9(15-2)11(12)14/h4-6H,3,7-8H2,1-2H3. The van der Waals surface area contributed by atoms with Gasteiger partial charge in [0, 0.05) is 6.20 Å². The smallest absolute Gasteiger partial charge is 0.326 e. The van der Waals surface area contributed by atoms with Gasteiger partial charge in [0.15, 0.2) is 5.75 Å². The summed E-state index contributed by atoms with van der Waals surface area (Å²) in [5, 5.41) is 0. The molecule has 1 aromatic rings. The van der Waals surface area contributed by atoms with E-state index in [1.807, 2.05) is 6.92 Å². The Balaban J connectivity index is 2.74. The van der Waals surface area contributed by atoms with Gasteiger partial charge in [-0.15, -0.1) is 0 Å². The summed E-state index contributed by atoms with van der Waals surface area (Å²) in [5.41, 5.74) is -0.335. The van der Waals surface area contributed by atoms with E-state index in [9.17, 15) is 9.59 Å². The molecule has 0 N–H and O–H groups in total. The number of carbonyl (C=O) groups excluding carboxylic acids is 1. The fraction of sp³-hybridized carbons (Fsp3) is 0.455. The number of nitrogens with zero attached hydrogens (tertiary/aromatic N) is 1. The molecule has 5 nitrogen and oxygen atoms in total. The maximum atomic E-state index is 11.6. The highest BCUT2D eigenvalue weighted by Gasteiger charge is 2.07. The predicted molar refractivity (Wildman–Crippen MR) is 58.5 cm³/mol. The van der Waals surface area contributed by atoms with Gasteiger partial charge in [-0.2, -0.15) is 0 Å². The molecule has 16 heavy (non-hydrogen) atoms. The molecule has 1 heterocycles. The second kappa shape index (κ2) is 5.95. The lowest BCUT2D eigenvalue weighted by molar-refractivity contribution is -0.144. The molecule has 0 saturated heterocycles. The van der Waals surface area contributed by atoms with Gasteiger partial charge in [-0.1, -0.05) is 6.92 Å². The molecule has 1 aromatic heterocycles. The van der Waals surface area contributed by atoms with Gasteiger partial charge in [0.2, 0.25) is 0 Å². The molecule has 0 aliphatic carbocycles. The van der Waals surface area contributed by atoms with Crippen LogP contribution < -0.4 is 10.3 Å². The Morgan fingerprint density at radius 1 is 1.50 bits per heavy atom. The second-order valence-electron chi connectivity index (χ2n) is 3.23. The van der Waals surface area contributed by atoms with Gasteiger partial charge >= 0.3 is 5.97 Å². The van der Waals surface area contributed by atoms with Crippen molar-refractivity contribution in [3.05, 3.63) is 28.7 Å². The van der Waals surface area contributed by atoms with E-state index < -0.39 is 5.97 Å². The van der Waals surface area contributed by atoms with E-state index in [0.717, 1.165) is 6.42 Å². The normalized spacial score (nSPS) is 9.88. The zero-order chi connectivity index (χ0) is 12.0. The first-order valence-corrected chi connectivity index (χ1v) is 5.08. The Morgan fingerprint density at radius 2 is 2.25 bits per heavy atom. The van der Waals surface area contributed by atoms with Gasteiger partial charge in [-0.05, 0) is 18.6 Å². The van der Waals surface area contributed by atoms with Crippen LogP contribution in [0, 0.1) is 0 Å². The lowest BCUT2D eigenvalue weighted by Gasteiger charge is -2.07. The third kappa shape index (κ3) is 3.12. The molecule has 0 bridgehead atoms. The van der Waals surface area contributed by atoms with Crippen LogP contribution in [0.25, 0.3) is 0 Å². The van der Waals surface area contributed by atoms with Crippen molar-refractivity contribution in [2.45, 2.75) is 19.9 Å². The van der Waals surface area contributed by atoms with Crippen LogP contribution in [0.3, 0.4) is 0 Å². The van der Waals surface area contributed by atoms with Crippen molar-refractivity contribution in [2.75, 3.05) is 13.7 Å². The molecule has 0 atom stereocenters. The lowest BCUT2D eigenvalue weighted by atomic mass is 10.4. The van der Waals surface area contributed by atoms with Crippen molar-refractivity contribution >= 4 is 5.97 Å². The summed E-state index contributed by atoms with van der Waals surface area (Å²) in [6.07, 6.45) is 2.29. The Bertz CT molecular complexity index is 411. The number of pyridine rings is 1. The SMILES string of the molecule is CCCOC(=O)Cn1cccc(OC)c1=O. The maximum Gasteiger partial charge on any atom is 0.326 e. The number of hydrogen-bond donors (Lipinski definition) is 0. The van der Waals surface area contributed by atoms with Crippen LogP contribution in [0.4, 0.5) is 0 Å². The van der Waals surface area contributed by atoms with E-state index in [0.29, 0.717) is 6.61 Å². The third-order valence-corrected chi connectivity index (χ3v) is 1.97. The number of rotatable bonds is 5. The van der Waals surface area contributed by atoms with E-state index in [1.54, 1.807) is 12.1 Å². The number of esters is 1. The van der Waals surface area contributed by atoms with Crippen molar-refractivity contribution in [1.29, 1.82) is 0 Å². The molecule has 0 aliphatic rings. The minimum atomic E-state index is -0.419. The number of methoxy groups -OCH3 is 1. The number of aromatic nitrogens is 1. The summed E-state index contributed by atoms with van der Waals surface area (Å²) in [7, 11) is 1.41. The van der Waals surface area contributed by atoms with Gasteiger partial charge in [0.05, 0.1) is 13.7 Å². The average Bonchev–Trinajstić information content (AvgIpc) is 2.29. The predicted octanol–water partition coefficient (Wildman–Crippen LogP) is 0.810. The lowest BCUT2D eigenvalue weighted by Crippen LogP contribution is -2.25. The Morgan fingerprint density at radius 3 is 2.88 bits per heavy atom. The minimum Gasteiger partial charge on any atom is -0.491 e. The molecular formula is C11H15NO4. The molecular weight excluding hydrogens is 210 g/mol. The molecule has 0 fully saturated rings.